The van der Waals surface area contributed by atoms with E-state index < -0.39 is 5.38 Å². The Labute approximate surface area is 107 Å². The Kier molecular flexibility index (Phi) is 4.20. The average Bonchev–Trinajstić information content (AvgIpc) is 2.61. The standard InChI is InChI=1S/C12H20ClN3O/c1-8(2)16-7-14-6-9(16)10(13)11(17)15-12(3,4)5/h6-8,10H,1-5H3,(H,15,17). The van der Waals surface area contributed by atoms with Crippen molar-refractivity contribution in [3.63, 3.8) is 0 Å². The van der Waals surface area contributed by atoms with Crippen LogP contribution in [0.5, 0.6) is 0 Å². The summed E-state index contributed by atoms with van der Waals surface area (Å²) in [4.78, 5) is 16.0. The van der Waals surface area contributed by atoms with Gasteiger partial charge in [-0.25, -0.2) is 4.98 Å². The number of halogens is 1. The van der Waals surface area contributed by atoms with Crippen molar-refractivity contribution in [1.29, 1.82) is 0 Å². The molecule has 0 spiro atoms. The maximum atomic E-state index is 11.9. The van der Waals surface area contributed by atoms with Gasteiger partial charge in [-0.1, -0.05) is 0 Å². The molecule has 1 rings (SSSR count). The van der Waals surface area contributed by atoms with E-state index in [0.717, 1.165) is 5.69 Å². The molecule has 0 aromatic carbocycles. The highest BCUT2D eigenvalue weighted by atomic mass is 35.5. The summed E-state index contributed by atoms with van der Waals surface area (Å²) in [6, 6.07) is 0.233. The first kappa shape index (κ1) is 14.0. The molecule has 5 heteroatoms. The van der Waals surface area contributed by atoms with E-state index in [1.807, 2.05) is 39.2 Å². The summed E-state index contributed by atoms with van der Waals surface area (Å²) >= 11 is 6.18. The van der Waals surface area contributed by atoms with Gasteiger partial charge in [-0.15, -0.1) is 11.6 Å². The number of nitrogens with zero attached hydrogens (tertiary/aromatic N) is 2. The van der Waals surface area contributed by atoms with Crippen LogP contribution in [0, 0.1) is 0 Å². The lowest BCUT2D eigenvalue weighted by Gasteiger charge is -2.23. The Hall–Kier alpha value is -1.03. The van der Waals surface area contributed by atoms with E-state index in [0.29, 0.717) is 0 Å². The summed E-state index contributed by atoms with van der Waals surface area (Å²) in [6.07, 6.45) is 3.33. The van der Waals surface area contributed by atoms with Crippen molar-refractivity contribution >= 4 is 17.5 Å². The molecular weight excluding hydrogens is 238 g/mol. The van der Waals surface area contributed by atoms with E-state index >= 15 is 0 Å². The Morgan fingerprint density at radius 1 is 1.47 bits per heavy atom. The Bertz CT molecular complexity index is 393. The third-order valence-electron chi connectivity index (χ3n) is 2.24. The highest BCUT2D eigenvalue weighted by molar-refractivity contribution is 6.30. The summed E-state index contributed by atoms with van der Waals surface area (Å²) in [5.41, 5.74) is 0.441. The van der Waals surface area contributed by atoms with Gasteiger partial charge in [-0.05, 0) is 34.6 Å². The lowest BCUT2D eigenvalue weighted by Crippen LogP contribution is -2.42. The van der Waals surface area contributed by atoms with Crippen molar-refractivity contribution in [3.8, 4) is 0 Å². The van der Waals surface area contributed by atoms with Crippen LogP contribution in [-0.2, 0) is 4.79 Å². The van der Waals surface area contributed by atoms with Crippen molar-refractivity contribution in [1.82, 2.24) is 14.9 Å². The van der Waals surface area contributed by atoms with E-state index in [1.54, 1.807) is 12.5 Å². The fraction of sp³-hybridized carbons (Fsp3) is 0.667. The fourth-order valence-electron chi connectivity index (χ4n) is 1.51. The number of amides is 1. The molecular formula is C12H20ClN3O. The van der Waals surface area contributed by atoms with Gasteiger partial charge in [0.1, 0.15) is 0 Å². The van der Waals surface area contributed by atoms with Crippen LogP contribution in [-0.4, -0.2) is 21.0 Å². The zero-order valence-corrected chi connectivity index (χ0v) is 11.7. The minimum Gasteiger partial charge on any atom is -0.350 e. The maximum Gasteiger partial charge on any atom is 0.244 e. The maximum absolute atomic E-state index is 11.9. The number of aromatic nitrogens is 2. The van der Waals surface area contributed by atoms with Gasteiger partial charge in [0.15, 0.2) is 5.38 Å². The number of carbonyl (C=O) groups is 1. The molecule has 0 fully saturated rings. The molecule has 0 saturated carbocycles. The summed E-state index contributed by atoms with van der Waals surface area (Å²) in [5.74, 6) is -0.193. The third-order valence-corrected chi connectivity index (χ3v) is 2.66. The van der Waals surface area contributed by atoms with Crippen LogP contribution in [0.3, 0.4) is 0 Å². The SMILES string of the molecule is CC(C)n1cncc1C(Cl)C(=O)NC(C)(C)C. The molecule has 1 N–H and O–H groups in total. The van der Waals surface area contributed by atoms with E-state index in [2.05, 4.69) is 10.3 Å². The van der Waals surface area contributed by atoms with Crippen molar-refractivity contribution in [2.45, 2.75) is 51.6 Å². The summed E-state index contributed by atoms with van der Waals surface area (Å²) in [6.45, 7) is 9.82. The average molecular weight is 258 g/mol. The van der Waals surface area contributed by atoms with E-state index in [-0.39, 0.29) is 17.5 Å². The second-order valence-electron chi connectivity index (χ2n) is 5.42. The number of alkyl halides is 1. The molecule has 0 bridgehead atoms. The summed E-state index contributed by atoms with van der Waals surface area (Å²) < 4.78 is 1.90. The van der Waals surface area contributed by atoms with Crippen LogP contribution >= 0.6 is 11.6 Å². The van der Waals surface area contributed by atoms with E-state index in [9.17, 15) is 4.79 Å². The number of hydrogen-bond donors (Lipinski definition) is 1. The third kappa shape index (κ3) is 3.73. The summed E-state index contributed by atoms with van der Waals surface area (Å²) in [5, 5.41) is 2.15. The molecule has 1 aromatic rings. The molecule has 17 heavy (non-hydrogen) atoms. The van der Waals surface area contributed by atoms with Crippen molar-refractivity contribution < 1.29 is 4.79 Å². The number of rotatable bonds is 3. The van der Waals surface area contributed by atoms with Crippen LogP contribution in [0.15, 0.2) is 12.5 Å². The van der Waals surface area contributed by atoms with E-state index in [1.165, 1.54) is 0 Å². The largest absolute Gasteiger partial charge is 0.350 e. The molecule has 0 radical (unpaired) electrons. The molecule has 1 atom stereocenters. The minimum atomic E-state index is -0.709. The molecule has 0 aliphatic heterocycles. The first-order chi connectivity index (χ1) is 7.72. The topological polar surface area (TPSA) is 46.9 Å². The number of carbonyl (C=O) groups excluding carboxylic acids is 1. The molecule has 4 nitrogen and oxygen atoms in total. The van der Waals surface area contributed by atoms with Crippen molar-refractivity contribution in [2.24, 2.45) is 0 Å². The van der Waals surface area contributed by atoms with Crippen molar-refractivity contribution in [3.05, 3.63) is 18.2 Å². The lowest BCUT2D eigenvalue weighted by molar-refractivity contribution is -0.122. The second kappa shape index (κ2) is 5.08. The minimum absolute atomic E-state index is 0.193. The van der Waals surface area contributed by atoms with Crippen LogP contribution in [0.2, 0.25) is 0 Å². The summed E-state index contributed by atoms with van der Waals surface area (Å²) in [7, 11) is 0. The first-order valence-corrected chi connectivity index (χ1v) is 6.14. The van der Waals surface area contributed by atoms with Gasteiger partial charge in [0, 0.05) is 11.6 Å². The van der Waals surface area contributed by atoms with Gasteiger partial charge in [0.05, 0.1) is 18.2 Å². The highest BCUT2D eigenvalue weighted by Crippen LogP contribution is 2.23. The Morgan fingerprint density at radius 2 is 2.06 bits per heavy atom. The van der Waals surface area contributed by atoms with E-state index in [4.69, 9.17) is 11.6 Å². The first-order valence-electron chi connectivity index (χ1n) is 5.70. The highest BCUT2D eigenvalue weighted by Gasteiger charge is 2.25. The monoisotopic (exact) mass is 257 g/mol. The Morgan fingerprint density at radius 3 is 2.53 bits per heavy atom. The fourth-order valence-corrected chi connectivity index (χ4v) is 1.73. The number of imidazole rings is 1. The van der Waals surface area contributed by atoms with Gasteiger partial charge in [-0.3, -0.25) is 4.79 Å². The van der Waals surface area contributed by atoms with Gasteiger partial charge >= 0.3 is 0 Å². The van der Waals surface area contributed by atoms with Gasteiger partial charge < -0.3 is 9.88 Å². The second-order valence-corrected chi connectivity index (χ2v) is 5.86. The molecule has 1 amide bonds. The molecule has 1 heterocycles. The molecule has 1 aromatic heterocycles. The molecule has 96 valence electrons. The van der Waals surface area contributed by atoms with Crippen molar-refractivity contribution in [2.75, 3.05) is 0 Å². The molecule has 1 unspecified atom stereocenters. The van der Waals surface area contributed by atoms with Gasteiger partial charge in [0.25, 0.3) is 0 Å². The lowest BCUT2D eigenvalue weighted by atomic mass is 10.1. The van der Waals surface area contributed by atoms with Gasteiger partial charge in [0.2, 0.25) is 5.91 Å². The number of hydrogen-bond acceptors (Lipinski definition) is 2. The molecule has 0 aliphatic rings. The van der Waals surface area contributed by atoms with Crippen LogP contribution in [0.1, 0.15) is 51.7 Å². The number of nitrogens with one attached hydrogen (secondary N) is 1. The van der Waals surface area contributed by atoms with Crippen LogP contribution < -0.4 is 5.32 Å². The predicted molar refractivity (Wildman–Crippen MR) is 69.1 cm³/mol. The zero-order valence-electron chi connectivity index (χ0n) is 11.0. The quantitative estimate of drug-likeness (QED) is 0.847. The predicted octanol–water partition coefficient (Wildman–Crippen LogP) is 2.66. The Balaban J connectivity index is 2.85. The van der Waals surface area contributed by atoms with Gasteiger partial charge in [-0.2, -0.15) is 0 Å². The molecule has 0 saturated heterocycles. The van der Waals surface area contributed by atoms with Crippen LogP contribution in [0.25, 0.3) is 0 Å². The zero-order chi connectivity index (χ0) is 13.2. The van der Waals surface area contributed by atoms with Crippen LogP contribution in [0.4, 0.5) is 0 Å². The molecule has 0 aliphatic carbocycles. The smallest absolute Gasteiger partial charge is 0.244 e. The normalized spacial score (nSPS) is 13.8.